The molecule has 0 aliphatic carbocycles. The summed E-state index contributed by atoms with van der Waals surface area (Å²) < 4.78 is 11.1. The Morgan fingerprint density at radius 1 is 1.27 bits per heavy atom. The highest BCUT2D eigenvalue weighted by Gasteiger charge is 2.51. The largest absolute Gasteiger partial charge is 0.466 e. The highest BCUT2D eigenvalue weighted by molar-refractivity contribution is 6.74. The first-order valence-corrected chi connectivity index (χ1v) is 13.2. The first-order chi connectivity index (χ1) is 14.0. The number of ether oxygens (including phenoxy) is 1. The van der Waals surface area contributed by atoms with E-state index in [9.17, 15) is 9.59 Å². The quantitative estimate of drug-likeness (QED) is 0.226. The predicted octanol–water partition coefficient (Wildman–Crippen LogP) is 4.00. The van der Waals surface area contributed by atoms with Gasteiger partial charge in [0.15, 0.2) is 8.32 Å². The molecule has 1 amide bonds. The van der Waals surface area contributed by atoms with Crippen molar-refractivity contribution in [3.8, 4) is 11.8 Å². The van der Waals surface area contributed by atoms with Crippen LogP contribution in [0.2, 0.25) is 18.1 Å². The lowest BCUT2D eigenvalue weighted by molar-refractivity contribution is -0.157. The molecule has 1 saturated heterocycles. The second-order valence-electron chi connectivity index (χ2n) is 9.11. The molecule has 0 bridgehead atoms. The fourth-order valence-corrected chi connectivity index (χ4v) is 4.56. The zero-order valence-corrected chi connectivity index (χ0v) is 20.1. The standard InChI is InChI=1S/C24H33NO4Si/c1-18(29-30(6,7)24(2,3)4)22-20(16-15-19-12-9-8-10-13-19)25(23(22)27)17-11-14-21(26)28-5/h8-14,18,20,22H,17H2,1-7H3/b14-11+/t18-,20+,22-/m1/s1. The predicted molar refractivity (Wildman–Crippen MR) is 121 cm³/mol. The minimum Gasteiger partial charge on any atom is -0.466 e. The van der Waals surface area contributed by atoms with Gasteiger partial charge in [0, 0.05) is 18.2 Å². The van der Waals surface area contributed by atoms with Gasteiger partial charge >= 0.3 is 5.97 Å². The molecular weight excluding hydrogens is 394 g/mol. The van der Waals surface area contributed by atoms with Crippen molar-refractivity contribution in [2.45, 2.75) is 58.0 Å². The van der Waals surface area contributed by atoms with E-state index >= 15 is 0 Å². The molecule has 1 aromatic carbocycles. The molecule has 0 saturated carbocycles. The summed E-state index contributed by atoms with van der Waals surface area (Å²) in [6.07, 6.45) is 2.74. The summed E-state index contributed by atoms with van der Waals surface area (Å²) in [5.41, 5.74) is 0.901. The molecule has 1 aliphatic rings. The molecule has 0 aromatic heterocycles. The second kappa shape index (κ2) is 9.63. The van der Waals surface area contributed by atoms with E-state index in [2.05, 4.69) is 50.4 Å². The lowest BCUT2D eigenvalue weighted by Crippen LogP contribution is -2.65. The Kier molecular flexibility index (Phi) is 7.68. The Labute approximate surface area is 181 Å². The maximum Gasteiger partial charge on any atom is 0.330 e. The minimum absolute atomic E-state index is 0.00286. The van der Waals surface area contributed by atoms with Crippen LogP contribution in [0.4, 0.5) is 0 Å². The summed E-state index contributed by atoms with van der Waals surface area (Å²) in [6, 6.07) is 9.44. The molecule has 6 heteroatoms. The number of amides is 1. The van der Waals surface area contributed by atoms with Crippen LogP contribution >= 0.6 is 0 Å². The van der Waals surface area contributed by atoms with Crippen molar-refractivity contribution in [2.24, 2.45) is 5.92 Å². The average molecular weight is 428 g/mol. The Morgan fingerprint density at radius 3 is 2.47 bits per heavy atom. The molecule has 0 spiro atoms. The maximum absolute atomic E-state index is 12.9. The van der Waals surface area contributed by atoms with Gasteiger partial charge in [-0.25, -0.2) is 4.79 Å². The van der Waals surface area contributed by atoms with Gasteiger partial charge in [-0.15, -0.1) is 0 Å². The first kappa shape index (κ1) is 23.9. The lowest BCUT2D eigenvalue weighted by Gasteiger charge is -2.49. The number of benzene rings is 1. The van der Waals surface area contributed by atoms with Gasteiger partial charge in [-0.3, -0.25) is 4.79 Å². The highest BCUT2D eigenvalue weighted by atomic mass is 28.4. The monoisotopic (exact) mass is 427 g/mol. The number of carbonyl (C=O) groups excluding carboxylic acids is 2. The van der Waals surface area contributed by atoms with Crippen molar-refractivity contribution in [1.82, 2.24) is 4.90 Å². The van der Waals surface area contributed by atoms with Gasteiger partial charge in [0.25, 0.3) is 0 Å². The van der Waals surface area contributed by atoms with E-state index in [0.29, 0.717) is 6.54 Å². The van der Waals surface area contributed by atoms with Crippen molar-refractivity contribution in [1.29, 1.82) is 0 Å². The number of nitrogens with zero attached hydrogens (tertiary/aromatic N) is 1. The van der Waals surface area contributed by atoms with Gasteiger partial charge < -0.3 is 14.1 Å². The summed E-state index contributed by atoms with van der Waals surface area (Å²) >= 11 is 0. The van der Waals surface area contributed by atoms with Crippen LogP contribution < -0.4 is 0 Å². The number of hydrogen-bond acceptors (Lipinski definition) is 4. The molecule has 3 atom stereocenters. The van der Waals surface area contributed by atoms with E-state index in [1.165, 1.54) is 13.2 Å². The van der Waals surface area contributed by atoms with E-state index in [1.54, 1.807) is 11.0 Å². The summed E-state index contributed by atoms with van der Waals surface area (Å²) in [7, 11) is -0.696. The molecule has 162 valence electrons. The fraction of sp³-hybridized carbons (Fsp3) is 0.500. The molecule has 2 rings (SSSR count). The van der Waals surface area contributed by atoms with E-state index in [1.807, 2.05) is 37.3 Å². The SMILES string of the molecule is COC(=O)/C=C/CN1C(=O)[C@H]([C@@H](C)O[Si](C)(C)C(C)(C)C)[C@@H]1C#Cc1ccccc1. The van der Waals surface area contributed by atoms with Crippen molar-refractivity contribution in [3.05, 3.63) is 48.0 Å². The summed E-state index contributed by atoms with van der Waals surface area (Å²) in [5.74, 6) is 5.69. The number of carbonyl (C=O) groups is 2. The normalized spacial score (nSPS) is 20.4. The number of esters is 1. The van der Waals surface area contributed by atoms with Gasteiger partial charge in [-0.05, 0) is 37.2 Å². The minimum atomic E-state index is -2.02. The molecular formula is C24H33NO4Si. The molecule has 1 aliphatic heterocycles. The van der Waals surface area contributed by atoms with Gasteiger partial charge in [0.1, 0.15) is 6.04 Å². The molecule has 1 fully saturated rings. The zero-order valence-electron chi connectivity index (χ0n) is 19.1. The van der Waals surface area contributed by atoms with Crippen molar-refractivity contribution in [3.63, 3.8) is 0 Å². The molecule has 1 heterocycles. The summed E-state index contributed by atoms with van der Waals surface area (Å²) in [4.78, 5) is 26.0. The third-order valence-electron chi connectivity index (χ3n) is 5.93. The molecule has 5 nitrogen and oxygen atoms in total. The van der Waals surface area contributed by atoms with Crippen LogP contribution in [0.3, 0.4) is 0 Å². The van der Waals surface area contributed by atoms with Crippen LogP contribution in [0.25, 0.3) is 0 Å². The van der Waals surface area contributed by atoms with E-state index in [4.69, 9.17) is 4.43 Å². The summed E-state index contributed by atoms with van der Waals surface area (Å²) in [6.45, 7) is 13.2. The van der Waals surface area contributed by atoms with Crippen LogP contribution in [0.15, 0.2) is 42.5 Å². The van der Waals surface area contributed by atoms with Crippen molar-refractivity contribution in [2.75, 3.05) is 13.7 Å². The Balaban J connectivity index is 2.23. The van der Waals surface area contributed by atoms with Crippen LogP contribution in [0.1, 0.15) is 33.3 Å². The van der Waals surface area contributed by atoms with Gasteiger partial charge in [-0.1, -0.05) is 56.9 Å². The Bertz CT molecular complexity index is 845. The van der Waals surface area contributed by atoms with Crippen LogP contribution in [0, 0.1) is 17.8 Å². The van der Waals surface area contributed by atoms with Crippen LogP contribution in [-0.4, -0.2) is 50.9 Å². The first-order valence-electron chi connectivity index (χ1n) is 10.3. The molecule has 0 unspecified atom stereocenters. The van der Waals surface area contributed by atoms with Gasteiger partial charge in [0.2, 0.25) is 5.91 Å². The third-order valence-corrected chi connectivity index (χ3v) is 10.5. The number of methoxy groups -OCH3 is 1. The van der Waals surface area contributed by atoms with Crippen LogP contribution in [-0.2, 0) is 18.8 Å². The fourth-order valence-electron chi connectivity index (χ4n) is 3.13. The average Bonchev–Trinajstić information content (AvgIpc) is 2.67. The Morgan fingerprint density at radius 2 is 1.90 bits per heavy atom. The van der Waals surface area contributed by atoms with Crippen LogP contribution in [0.5, 0.6) is 0 Å². The topological polar surface area (TPSA) is 55.8 Å². The highest BCUT2D eigenvalue weighted by Crippen LogP contribution is 2.40. The zero-order chi connectivity index (χ0) is 22.5. The number of rotatable bonds is 6. The number of β-lactam (4-membered cyclic amide) rings is 1. The lowest BCUT2D eigenvalue weighted by atomic mass is 9.83. The van der Waals surface area contributed by atoms with E-state index < -0.39 is 14.3 Å². The molecule has 1 aromatic rings. The maximum atomic E-state index is 12.9. The molecule has 0 radical (unpaired) electrons. The third kappa shape index (κ3) is 5.62. The number of likely N-dealkylation sites (tertiary alicyclic amines) is 1. The number of hydrogen-bond donors (Lipinski definition) is 0. The van der Waals surface area contributed by atoms with Crippen molar-refractivity contribution < 1.29 is 18.8 Å². The van der Waals surface area contributed by atoms with E-state index in [-0.39, 0.29) is 29.0 Å². The van der Waals surface area contributed by atoms with Gasteiger partial charge in [0.05, 0.1) is 19.1 Å². The molecule has 30 heavy (non-hydrogen) atoms. The summed E-state index contributed by atoms with van der Waals surface area (Å²) in [5, 5.41) is 0.0577. The van der Waals surface area contributed by atoms with Crippen molar-refractivity contribution >= 4 is 20.2 Å². The second-order valence-corrected chi connectivity index (χ2v) is 13.9. The smallest absolute Gasteiger partial charge is 0.330 e. The van der Waals surface area contributed by atoms with Gasteiger partial charge in [-0.2, -0.15) is 0 Å². The van der Waals surface area contributed by atoms with E-state index in [0.717, 1.165) is 5.56 Å². The molecule has 0 N–H and O–H groups in total. The Hall–Kier alpha value is -2.36.